The molecule has 2 aromatic rings. The zero-order valence-electron chi connectivity index (χ0n) is 19.7. The smallest absolute Gasteiger partial charge is 0.193 e. The van der Waals surface area contributed by atoms with Crippen molar-refractivity contribution in [3.05, 3.63) is 59.4 Å². The second-order valence-electron chi connectivity index (χ2n) is 7.68. The van der Waals surface area contributed by atoms with E-state index in [-0.39, 0.29) is 35.8 Å². The van der Waals surface area contributed by atoms with E-state index < -0.39 is 0 Å². The Morgan fingerprint density at radius 2 is 1.94 bits per heavy atom. The van der Waals surface area contributed by atoms with Crippen molar-refractivity contribution in [3.8, 4) is 11.5 Å². The predicted molar refractivity (Wildman–Crippen MR) is 139 cm³/mol. The summed E-state index contributed by atoms with van der Waals surface area (Å²) in [6, 6.07) is 12.6. The molecule has 1 unspecified atom stereocenters. The summed E-state index contributed by atoms with van der Waals surface area (Å²) in [4.78, 5) is 8.81. The van der Waals surface area contributed by atoms with Gasteiger partial charge in [0.1, 0.15) is 17.3 Å². The van der Waals surface area contributed by atoms with Crippen LogP contribution in [0.5, 0.6) is 11.5 Å². The minimum absolute atomic E-state index is 0. The minimum atomic E-state index is -0.228. The van der Waals surface area contributed by atoms with Crippen LogP contribution in [0.1, 0.15) is 17.2 Å². The van der Waals surface area contributed by atoms with Gasteiger partial charge in [0.05, 0.1) is 33.5 Å². The maximum Gasteiger partial charge on any atom is 0.193 e. The van der Waals surface area contributed by atoms with Crippen molar-refractivity contribution < 1.29 is 18.6 Å². The van der Waals surface area contributed by atoms with Crippen LogP contribution >= 0.6 is 24.0 Å². The maximum atomic E-state index is 13.9. The van der Waals surface area contributed by atoms with Gasteiger partial charge in [-0.05, 0) is 29.8 Å². The summed E-state index contributed by atoms with van der Waals surface area (Å²) in [5.41, 5.74) is 1.96. The lowest BCUT2D eigenvalue weighted by Gasteiger charge is -2.35. The highest BCUT2D eigenvalue weighted by Crippen LogP contribution is 2.26. The van der Waals surface area contributed by atoms with Crippen molar-refractivity contribution in [2.45, 2.75) is 12.6 Å². The highest BCUT2D eigenvalue weighted by Gasteiger charge is 2.24. The average molecular weight is 572 g/mol. The molecule has 182 valence electrons. The Balaban J connectivity index is 0.00000385. The summed E-state index contributed by atoms with van der Waals surface area (Å²) in [7, 11) is 7.02. The van der Waals surface area contributed by atoms with Gasteiger partial charge in [0.2, 0.25) is 0 Å². The highest BCUT2D eigenvalue weighted by atomic mass is 127. The minimum Gasteiger partial charge on any atom is -0.497 e. The van der Waals surface area contributed by atoms with Gasteiger partial charge in [0, 0.05) is 51.9 Å². The van der Waals surface area contributed by atoms with Crippen molar-refractivity contribution in [2.24, 2.45) is 4.99 Å². The molecule has 1 N–H and O–H groups in total. The van der Waals surface area contributed by atoms with Crippen LogP contribution < -0.4 is 14.8 Å². The van der Waals surface area contributed by atoms with Crippen LogP contribution in [0.25, 0.3) is 0 Å². The van der Waals surface area contributed by atoms with E-state index in [0.29, 0.717) is 26.3 Å². The number of halogens is 2. The maximum absolute atomic E-state index is 13.9. The summed E-state index contributed by atoms with van der Waals surface area (Å²) in [6.45, 7) is 4.17. The van der Waals surface area contributed by atoms with Crippen molar-refractivity contribution in [2.75, 3.05) is 61.2 Å². The molecular formula is C24H34FIN4O3. The van der Waals surface area contributed by atoms with E-state index in [0.717, 1.165) is 41.7 Å². The lowest BCUT2D eigenvalue weighted by atomic mass is 10.0. The number of hydrogen-bond acceptors (Lipinski definition) is 5. The van der Waals surface area contributed by atoms with Crippen LogP contribution in [-0.2, 0) is 11.3 Å². The molecule has 0 aromatic heterocycles. The summed E-state index contributed by atoms with van der Waals surface area (Å²) in [5.74, 6) is 2.03. The number of benzene rings is 2. The van der Waals surface area contributed by atoms with Gasteiger partial charge in [-0.1, -0.05) is 12.1 Å². The molecule has 2 aromatic carbocycles. The molecule has 9 heteroatoms. The number of rotatable bonds is 8. The molecule has 1 saturated heterocycles. The topological polar surface area (TPSA) is 58.6 Å². The normalized spacial score (nSPS) is 15.4. The largest absolute Gasteiger partial charge is 0.497 e. The van der Waals surface area contributed by atoms with Crippen LogP contribution in [0.2, 0.25) is 0 Å². The molecule has 1 aliphatic heterocycles. The second kappa shape index (κ2) is 13.6. The van der Waals surface area contributed by atoms with Gasteiger partial charge in [-0.2, -0.15) is 0 Å². The lowest BCUT2D eigenvalue weighted by molar-refractivity contribution is 0.0168. The molecule has 33 heavy (non-hydrogen) atoms. The fraction of sp³-hybridized carbons (Fsp3) is 0.458. The summed E-state index contributed by atoms with van der Waals surface area (Å²) in [5, 5.41) is 3.47. The van der Waals surface area contributed by atoms with Gasteiger partial charge >= 0.3 is 0 Å². The van der Waals surface area contributed by atoms with E-state index in [1.165, 1.54) is 6.07 Å². The van der Waals surface area contributed by atoms with Crippen LogP contribution in [0.3, 0.4) is 0 Å². The molecule has 7 nitrogen and oxygen atoms in total. The van der Waals surface area contributed by atoms with E-state index in [9.17, 15) is 4.39 Å². The Morgan fingerprint density at radius 3 is 2.58 bits per heavy atom. The van der Waals surface area contributed by atoms with Gasteiger partial charge in [0.15, 0.2) is 5.96 Å². The predicted octanol–water partition coefficient (Wildman–Crippen LogP) is 3.54. The number of morpholine rings is 1. The molecule has 1 fully saturated rings. The van der Waals surface area contributed by atoms with E-state index in [1.54, 1.807) is 33.4 Å². The molecule has 1 aliphatic rings. The van der Waals surface area contributed by atoms with Gasteiger partial charge in [0.25, 0.3) is 0 Å². The quantitative estimate of drug-likeness (QED) is 0.297. The average Bonchev–Trinajstić information content (AvgIpc) is 2.82. The van der Waals surface area contributed by atoms with Crippen molar-refractivity contribution in [1.82, 2.24) is 15.1 Å². The summed E-state index contributed by atoms with van der Waals surface area (Å²) < 4.78 is 30.3. The number of ether oxygens (including phenoxy) is 3. The monoisotopic (exact) mass is 572 g/mol. The zero-order chi connectivity index (χ0) is 22.9. The lowest BCUT2D eigenvalue weighted by Crippen LogP contribution is -2.46. The van der Waals surface area contributed by atoms with Crippen molar-refractivity contribution in [1.29, 1.82) is 0 Å². The first-order valence-electron chi connectivity index (χ1n) is 10.8. The summed E-state index contributed by atoms with van der Waals surface area (Å²) in [6.07, 6.45) is 0. The molecule has 0 amide bonds. The van der Waals surface area contributed by atoms with Gasteiger partial charge < -0.3 is 24.4 Å². The third-order valence-corrected chi connectivity index (χ3v) is 5.65. The Kier molecular flexibility index (Phi) is 11.2. The number of nitrogens with zero attached hydrogens (tertiary/aromatic N) is 3. The van der Waals surface area contributed by atoms with Crippen molar-refractivity contribution >= 4 is 29.9 Å². The van der Waals surface area contributed by atoms with Crippen LogP contribution in [0.15, 0.2) is 47.5 Å². The first kappa shape index (κ1) is 27.1. The van der Waals surface area contributed by atoms with E-state index in [2.05, 4.69) is 15.2 Å². The first-order valence-corrected chi connectivity index (χ1v) is 10.8. The van der Waals surface area contributed by atoms with Crippen LogP contribution in [0.4, 0.5) is 4.39 Å². The Labute approximate surface area is 212 Å². The standard InChI is InChI=1S/C24H33FN4O3.HI/c1-26-24(28(2)17-19-8-9-21(30-3)15-23(19)31-4)27-16-22(29-10-12-32-13-11-29)18-6-5-7-20(25)14-18;/h5-9,14-15,22H,10-13,16-17H2,1-4H3,(H,26,27);1H. The molecule has 0 spiro atoms. The van der Waals surface area contributed by atoms with E-state index in [1.807, 2.05) is 36.2 Å². The fourth-order valence-corrected chi connectivity index (χ4v) is 3.95. The van der Waals surface area contributed by atoms with Crippen molar-refractivity contribution in [3.63, 3.8) is 0 Å². The van der Waals surface area contributed by atoms with Crippen LogP contribution in [0, 0.1) is 5.82 Å². The van der Waals surface area contributed by atoms with Crippen LogP contribution in [-0.4, -0.2) is 76.9 Å². The molecule has 3 rings (SSSR count). The number of aliphatic imine (C=N–C) groups is 1. The Hall–Kier alpha value is -2.11. The molecule has 0 bridgehead atoms. The van der Waals surface area contributed by atoms with Gasteiger partial charge in [-0.15, -0.1) is 24.0 Å². The van der Waals surface area contributed by atoms with E-state index >= 15 is 0 Å². The molecule has 0 radical (unpaired) electrons. The Morgan fingerprint density at radius 1 is 1.18 bits per heavy atom. The van der Waals surface area contributed by atoms with Gasteiger partial charge in [-0.25, -0.2) is 4.39 Å². The van der Waals surface area contributed by atoms with Gasteiger partial charge in [-0.3, -0.25) is 9.89 Å². The third kappa shape index (κ3) is 7.44. The first-order chi connectivity index (χ1) is 15.5. The third-order valence-electron chi connectivity index (χ3n) is 5.65. The Bertz CT molecular complexity index is 909. The molecule has 0 aliphatic carbocycles. The zero-order valence-corrected chi connectivity index (χ0v) is 22.0. The fourth-order valence-electron chi connectivity index (χ4n) is 3.95. The second-order valence-corrected chi connectivity index (χ2v) is 7.68. The number of nitrogens with one attached hydrogen (secondary N) is 1. The molecule has 0 saturated carbocycles. The number of guanidine groups is 1. The highest BCUT2D eigenvalue weighted by molar-refractivity contribution is 14.0. The van der Waals surface area contributed by atoms with E-state index in [4.69, 9.17) is 14.2 Å². The molecule has 1 atom stereocenters. The molecular weight excluding hydrogens is 538 g/mol. The summed E-state index contributed by atoms with van der Waals surface area (Å²) >= 11 is 0. The number of methoxy groups -OCH3 is 2. The SMILES string of the molecule is CN=C(NCC(c1cccc(F)c1)N1CCOCC1)N(C)Cc1ccc(OC)cc1OC.I. The molecule has 1 heterocycles. The number of hydrogen-bond donors (Lipinski definition) is 1.